The molecule has 1 aromatic rings. The molecule has 1 nitrogen and oxygen atoms in total. The van der Waals surface area contributed by atoms with E-state index in [1.165, 1.54) is 29.7 Å². The maximum Gasteiger partial charge on any atom is 0.0689 e. The summed E-state index contributed by atoms with van der Waals surface area (Å²) in [6.45, 7) is 4.41. The molecule has 0 aromatic heterocycles. The summed E-state index contributed by atoms with van der Waals surface area (Å²) in [7, 11) is 0. The number of nitrogens with zero attached hydrogens (tertiary/aromatic N) is 1. The van der Waals surface area contributed by atoms with Gasteiger partial charge in [0.05, 0.1) is 5.69 Å². The van der Waals surface area contributed by atoms with E-state index in [0.29, 0.717) is 5.92 Å². The first-order chi connectivity index (χ1) is 8.85. The van der Waals surface area contributed by atoms with Gasteiger partial charge in [0.15, 0.2) is 0 Å². The average Bonchev–Trinajstić information content (AvgIpc) is 2.45. The second-order valence-corrected chi connectivity index (χ2v) is 4.95. The van der Waals surface area contributed by atoms with Crippen molar-refractivity contribution in [2.24, 2.45) is 10.9 Å². The van der Waals surface area contributed by atoms with Gasteiger partial charge in [-0.15, -0.1) is 0 Å². The van der Waals surface area contributed by atoms with E-state index in [1.54, 1.807) is 0 Å². The van der Waals surface area contributed by atoms with Crippen molar-refractivity contribution >= 4 is 11.9 Å². The molecule has 0 fully saturated rings. The van der Waals surface area contributed by atoms with Crippen molar-refractivity contribution in [2.75, 3.05) is 0 Å². The lowest BCUT2D eigenvalue weighted by Gasteiger charge is -2.13. The third-order valence-corrected chi connectivity index (χ3v) is 3.69. The Hall–Kier alpha value is -1.37. The average molecular weight is 241 g/mol. The van der Waals surface area contributed by atoms with Gasteiger partial charge in [-0.1, -0.05) is 44.2 Å². The Morgan fingerprint density at radius 2 is 1.89 bits per heavy atom. The van der Waals surface area contributed by atoms with Crippen LogP contribution in [-0.4, -0.2) is 6.21 Å². The predicted octanol–water partition coefficient (Wildman–Crippen LogP) is 4.87. The molecule has 0 amide bonds. The molecule has 96 valence electrons. The highest BCUT2D eigenvalue weighted by Crippen LogP contribution is 2.26. The Balaban J connectivity index is 2.21. The summed E-state index contributed by atoms with van der Waals surface area (Å²) in [5, 5.41) is 0. The fourth-order valence-electron chi connectivity index (χ4n) is 2.51. The third kappa shape index (κ3) is 3.10. The van der Waals surface area contributed by atoms with Crippen LogP contribution in [-0.2, 0) is 12.8 Å². The van der Waals surface area contributed by atoms with Gasteiger partial charge < -0.3 is 0 Å². The van der Waals surface area contributed by atoms with Crippen molar-refractivity contribution < 1.29 is 0 Å². The number of allylic oxidation sites excluding steroid dienone is 2. The van der Waals surface area contributed by atoms with Gasteiger partial charge in [0.2, 0.25) is 0 Å². The number of aliphatic imine (C=N–C) groups is 1. The van der Waals surface area contributed by atoms with Crippen molar-refractivity contribution in [1.82, 2.24) is 0 Å². The number of hydrogen-bond donors (Lipinski definition) is 0. The molecule has 0 saturated heterocycles. The highest BCUT2D eigenvalue weighted by molar-refractivity contribution is 5.69. The summed E-state index contributed by atoms with van der Waals surface area (Å²) >= 11 is 0. The molecule has 0 aliphatic heterocycles. The molecule has 0 spiro atoms. The summed E-state index contributed by atoms with van der Waals surface area (Å²) in [6, 6.07) is 6.55. The zero-order valence-electron chi connectivity index (χ0n) is 11.5. The van der Waals surface area contributed by atoms with Crippen LogP contribution in [0.5, 0.6) is 0 Å². The SMILES string of the molecule is CCc1cccc(CC)c1/N=C/C1CC=CCC1. The summed E-state index contributed by atoms with van der Waals surface area (Å²) in [5.74, 6) is 0.629. The molecule has 1 aromatic carbocycles. The van der Waals surface area contributed by atoms with Crippen molar-refractivity contribution in [3.63, 3.8) is 0 Å². The Bertz CT molecular complexity index is 421. The van der Waals surface area contributed by atoms with E-state index < -0.39 is 0 Å². The van der Waals surface area contributed by atoms with Crippen LogP contribution < -0.4 is 0 Å². The maximum absolute atomic E-state index is 4.81. The molecule has 1 aliphatic rings. The van der Waals surface area contributed by atoms with Crippen LogP contribution in [0.1, 0.15) is 44.2 Å². The molecule has 1 heteroatoms. The molecule has 0 bridgehead atoms. The van der Waals surface area contributed by atoms with Gasteiger partial charge in [0.1, 0.15) is 0 Å². The van der Waals surface area contributed by atoms with Crippen LogP contribution in [0.2, 0.25) is 0 Å². The zero-order valence-corrected chi connectivity index (χ0v) is 11.5. The summed E-state index contributed by atoms with van der Waals surface area (Å²) < 4.78 is 0. The van der Waals surface area contributed by atoms with Gasteiger partial charge in [-0.05, 0) is 49.1 Å². The lowest BCUT2D eigenvalue weighted by Crippen LogP contribution is -2.03. The van der Waals surface area contributed by atoms with Gasteiger partial charge in [-0.25, -0.2) is 0 Å². The van der Waals surface area contributed by atoms with Crippen molar-refractivity contribution in [3.8, 4) is 0 Å². The van der Waals surface area contributed by atoms with Crippen LogP contribution in [0, 0.1) is 5.92 Å². The molecule has 18 heavy (non-hydrogen) atoms. The molecule has 1 aliphatic carbocycles. The predicted molar refractivity (Wildman–Crippen MR) is 79.8 cm³/mol. The number of aryl methyl sites for hydroxylation is 2. The summed E-state index contributed by atoms with van der Waals surface area (Å²) in [6.07, 6.45) is 12.5. The smallest absolute Gasteiger partial charge is 0.0689 e. The highest BCUT2D eigenvalue weighted by atomic mass is 14.7. The fourth-order valence-corrected chi connectivity index (χ4v) is 2.51. The third-order valence-electron chi connectivity index (χ3n) is 3.69. The molecule has 0 radical (unpaired) electrons. The number of para-hydroxylation sites is 1. The van der Waals surface area contributed by atoms with Gasteiger partial charge in [-0.2, -0.15) is 0 Å². The van der Waals surface area contributed by atoms with Gasteiger partial charge in [0, 0.05) is 6.21 Å². The van der Waals surface area contributed by atoms with E-state index in [0.717, 1.165) is 19.3 Å². The molecule has 0 saturated carbocycles. The summed E-state index contributed by atoms with van der Waals surface area (Å²) in [4.78, 5) is 4.81. The van der Waals surface area contributed by atoms with Crippen LogP contribution in [0.25, 0.3) is 0 Å². The maximum atomic E-state index is 4.81. The highest BCUT2D eigenvalue weighted by Gasteiger charge is 2.08. The largest absolute Gasteiger partial charge is 0.260 e. The first kappa shape index (κ1) is 13.1. The Kier molecular flexibility index (Phi) is 4.74. The van der Waals surface area contributed by atoms with Crippen molar-refractivity contribution in [2.45, 2.75) is 46.0 Å². The second-order valence-electron chi connectivity index (χ2n) is 4.95. The molecular weight excluding hydrogens is 218 g/mol. The molecule has 0 heterocycles. The molecular formula is C17H23N. The number of benzene rings is 1. The number of hydrogen-bond acceptors (Lipinski definition) is 1. The Morgan fingerprint density at radius 3 is 2.44 bits per heavy atom. The van der Waals surface area contributed by atoms with E-state index >= 15 is 0 Å². The molecule has 1 atom stereocenters. The van der Waals surface area contributed by atoms with Gasteiger partial charge >= 0.3 is 0 Å². The minimum Gasteiger partial charge on any atom is -0.260 e. The summed E-state index contributed by atoms with van der Waals surface area (Å²) in [5.41, 5.74) is 3.96. The normalized spacial score (nSPS) is 19.6. The molecule has 1 unspecified atom stereocenters. The van der Waals surface area contributed by atoms with E-state index in [9.17, 15) is 0 Å². The minimum atomic E-state index is 0.629. The minimum absolute atomic E-state index is 0.629. The first-order valence-corrected chi connectivity index (χ1v) is 7.15. The van der Waals surface area contributed by atoms with Crippen LogP contribution in [0.4, 0.5) is 5.69 Å². The van der Waals surface area contributed by atoms with Crippen LogP contribution in [0.15, 0.2) is 35.3 Å². The van der Waals surface area contributed by atoms with Crippen LogP contribution in [0.3, 0.4) is 0 Å². The molecule has 0 N–H and O–H groups in total. The van der Waals surface area contributed by atoms with E-state index in [4.69, 9.17) is 4.99 Å². The van der Waals surface area contributed by atoms with Crippen molar-refractivity contribution in [1.29, 1.82) is 0 Å². The zero-order chi connectivity index (χ0) is 12.8. The fraction of sp³-hybridized carbons (Fsp3) is 0.471. The monoisotopic (exact) mass is 241 g/mol. The lowest BCUT2D eigenvalue weighted by atomic mass is 9.95. The van der Waals surface area contributed by atoms with E-state index in [-0.39, 0.29) is 0 Å². The molecule has 2 rings (SSSR count). The van der Waals surface area contributed by atoms with Gasteiger partial charge in [-0.3, -0.25) is 4.99 Å². The quantitative estimate of drug-likeness (QED) is 0.527. The first-order valence-electron chi connectivity index (χ1n) is 7.15. The standard InChI is InChI=1S/C17H23N/c1-3-15-11-8-12-16(4-2)17(15)18-13-14-9-6-5-7-10-14/h5-6,8,11-14H,3-4,7,9-10H2,1-2H3/b18-13+. The lowest BCUT2D eigenvalue weighted by molar-refractivity contribution is 0.627. The Labute approximate surface area is 111 Å². The van der Waals surface area contributed by atoms with Crippen LogP contribution >= 0.6 is 0 Å². The van der Waals surface area contributed by atoms with E-state index in [1.807, 2.05) is 0 Å². The number of rotatable bonds is 4. The van der Waals surface area contributed by atoms with Gasteiger partial charge in [0.25, 0.3) is 0 Å². The second kappa shape index (κ2) is 6.53. The van der Waals surface area contributed by atoms with Crippen molar-refractivity contribution in [3.05, 3.63) is 41.5 Å². The van der Waals surface area contributed by atoms with E-state index in [2.05, 4.69) is 50.4 Å². The topological polar surface area (TPSA) is 12.4 Å². The Morgan fingerprint density at radius 1 is 1.17 bits per heavy atom.